The van der Waals surface area contributed by atoms with Gasteiger partial charge in [0.05, 0.1) is 11.2 Å². The van der Waals surface area contributed by atoms with Gasteiger partial charge in [0.15, 0.2) is 11.3 Å². The van der Waals surface area contributed by atoms with Crippen molar-refractivity contribution in [3.05, 3.63) is 117 Å². The van der Waals surface area contributed by atoms with E-state index in [-0.39, 0.29) is 12.2 Å². The Hall–Kier alpha value is -4.42. The van der Waals surface area contributed by atoms with Gasteiger partial charge in [-0.25, -0.2) is 14.6 Å². The van der Waals surface area contributed by atoms with Crippen molar-refractivity contribution >= 4 is 51.6 Å². The fourth-order valence-corrected chi connectivity index (χ4v) is 3.81. The van der Waals surface area contributed by atoms with E-state index in [1.807, 2.05) is 66.7 Å². The average Bonchev–Trinajstić information content (AvgIpc) is 2.86. The molecule has 0 amide bonds. The Kier molecular flexibility index (Phi) is 6.04. The minimum absolute atomic E-state index is 0.214. The Bertz CT molecular complexity index is 1650. The van der Waals surface area contributed by atoms with E-state index in [0.717, 1.165) is 27.7 Å². The van der Waals surface area contributed by atoms with Crippen molar-refractivity contribution in [1.29, 1.82) is 0 Å². The van der Waals surface area contributed by atoms with E-state index in [4.69, 9.17) is 25.9 Å². The second kappa shape index (κ2) is 9.44. The van der Waals surface area contributed by atoms with Gasteiger partial charge in [0.2, 0.25) is 0 Å². The van der Waals surface area contributed by atoms with E-state index >= 15 is 0 Å². The zero-order valence-electron chi connectivity index (χ0n) is 18.3. The van der Waals surface area contributed by atoms with Gasteiger partial charge in [-0.1, -0.05) is 66.2 Å². The molecule has 3 aromatic carbocycles. The number of hydrogen-bond donors (Lipinski definition) is 1. The lowest BCUT2D eigenvalue weighted by molar-refractivity contribution is 0.0692. The number of carbonyl (C=O) groups is 1. The smallest absolute Gasteiger partial charge is 0.351 e. The average molecular weight is 484 g/mol. The first-order chi connectivity index (χ1) is 17.0. The van der Waals surface area contributed by atoms with Crippen molar-refractivity contribution < 1.29 is 19.1 Å². The zero-order chi connectivity index (χ0) is 24.4. The number of rotatable bonds is 6. The molecule has 7 heteroatoms. The lowest BCUT2D eigenvalue weighted by Gasteiger charge is -2.09. The molecule has 35 heavy (non-hydrogen) atoms. The van der Waals surface area contributed by atoms with Crippen LogP contribution in [0.15, 0.2) is 88.1 Å². The molecule has 0 fully saturated rings. The van der Waals surface area contributed by atoms with E-state index in [1.165, 1.54) is 6.07 Å². The van der Waals surface area contributed by atoms with E-state index in [9.17, 15) is 9.59 Å². The highest BCUT2D eigenvalue weighted by atomic mass is 35.5. The van der Waals surface area contributed by atoms with Gasteiger partial charge >= 0.3 is 11.6 Å². The number of ether oxygens (including phenoxy) is 1. The Labute approximate surface area is 204 Å². The predicted octanol–water partition coefficient (Wildman–Crippen LogP) is 6.44. The molecule has 0 aliphatic rings. The molecule has 0 aliphatic carbocycles. The summed E-state index contributed by atoms with van der Waals surface area (Å²) in [6, 6.07) is 23.8. The molecular formula is C28H18ClNO5. The third kappa shape index (κ3) is 4.93. The fraction of sp³-hybridized carbons (Fsp3) is 0.0357. The summed E-state index contributed by atoms with van der Waals surface area (Å²) < 4.78 is 11.1. The van der Waals surface area contributed by atoms with Crippen LogP contribution in [0.1, 0.15) is 27.2 Å². The topological polar surface area (TPSA) is 89.6 Å². The van der Waals surface area contributed by atoms with Gasteiger partial charge in [-0.3, -0.25) is 0 Å². The van der Waals surface area contributed by atoms with Crippen LogP contribution in [-0.2, 0) is 6.61 Å². The summed E-state index contributed by atoms with van der Waals surface area (Å²) in [7, 11) is 0. The maximum Gasteiger partial charge on any atom is 0.351 e. The number of aromatic nitrogens is 1. The first-order valence-corrected chi connectivity index (χ1v) is 11.1. The highest BCUT2D eigenvalue weighted by molar-refractivity contribution is 6.31. The molecule has 0 saturated carbocycles. The normalized spacial score (nSPS) is 11.3. The van der Waals surface area contributed by atoms with Gasteiger partial charge in [-0.15, -0.1) is 0 Å². The van der Waals surface area contributed by atoms with Gasteiger partial charge in [-0.05, 0) is 47.5 Å². The third-order valence-corrected chi connectivity index (χ3v) is 5.69. The minimum atomic E-state index is -1.33. The summed E-state index contributed by atoms with van der Waals surface area (Å²) >= 11 is 6.07. The molecule has 0 saturated heterocycles. The van der Waals surface area contributed by atoms with Crippen molar-refractivity contribution in [2.45, 2.75) is 6.61 Å². The van der Waals surface area contributed by atoms with Crippen LogP contribution in [0, 0.1) is 0 Å². The zero-order valence-corrected chi connectivity index (χ0v) is 19.0. The van der Waals surface area contributed by atoms with E-state index in [0.29, 0.717) is 16.2 Å². The number of hydrogen-bond acceptors (Lipinski definition) is 5. The third-order valence-electron chi connectivity index (χ3n) is 5.45. The second-order valence-electron chi connectivity index (χ2n) is 7.86. The van der Waals surface area contributed by atoms with Crippen LogP contribution in [0.25, 0.3) is 34.0 Å². The summed E-state index contributed by atoms with van der Waals surface area (Å²) in [4.78, 5) is 27.8. The SMILES string of the molecule is O=C(O)c1cc2cccc(OCc3ccc(/C=C/c4ccc5ccc(Cl)cc5n4)cc3)c2oc1=O. The van der Waals surface area contributed by atoms with Gasteiger partial charge in [0, 0.05) is 15.8 Å². The molecule has 0 radical (unpaired) electrons. The molecule has 0 spiro atoms. The van der Waals surface area contributed by atoms with E-state index < -0.39 is 17.2 Å². The lowest BCUT2D eigenvalue weighted by Crippen LogP contribution is -2.13. The largest absolute Gasteiger partial charge is 0.485 e. The highest BCUT2D eigenvalue weighted by Gasteiger charge is 2.14. The molecule has 0 atom stereocenters. The Morgan fingerprint density at radius 2 is 1.77 bits per heavy atom. The van der Waals surface area contributed by atoms with Gasteiger partial charge in [0.1, 0.15) is 12.2 Å². The van der Waals surface area contributed by atoms with Crippen LogP contribution < -0.4 is 10.4 Å². The maximum absolute atomic E-state index is 12.0. The number of para-hydroxylation sites is 1. The van der Waals surface area contributed by atoms with Crippen molar-refractivity contribution in [3.8, 4) is 5.75 Å². The standard InChI is InChI=1S/C28H18ClNO5/c29-21-11-9-19-10-13-22(30-24(19)15-21)12-8-17-4-6-18(7-5-17)16-34-25-3-1-2-20-14-23(27(31)32)28(33)35-26(20)25/h1-15H,16H2,(H,31,32)/b12-8+. The van der Waals surface area contributed by atoms with Crippen molar-refractivity contribution in [2.24, 2.45) is 0 Å². The van der Waals surface area contributed by atoms with Crippen LogP contribution in [0.2, 0.25) is 5.02 Å². The number of nitrogens with zero attached hydrogens (tertiary/aromatic N) is 1. The highest BCUT2D eigenvalue weighted by Crippen LogP contribution is 2.26. The van der Waals surface area contributed by atoms with E-state index in [1.54, 1.807) is 18.2 Å². The van der Waals surface area contributed by atoms with Gasteiger partial charge in [0.25, 0.3) is 0 Å². The van der Waals surface area contributed by atoms with Crippen molar-refractivity contribution in [3.63, 3.8) is 0 Å². The number of carboxylic acids is 1. The summed E-state index contributed by atoms with van der Waals surface area (Å²) in [5, 5.41) is 11.3. The van der Waals surface area contributed by atoms with Gasteiger partial charge in [-0.2, -0.15) is 0 Å². The molecule has 0 bridgehead atoms. The molecule has 0 aliphatic heterocycles. The number of halogens is 1. The molecule has 172 valence electrons. The van der Waals surface area contributed by atoms with Crippen LogP contribution in [0.5, 0.6) is 5.75 Å². The van der Waals surface area contributed by atoms with Crippen molar-refractivity contribution in [2.75, 3.05) is 0 Å². The minimum Gasteiger partial charge on any atom is -0.485 e. The summed E-state index contributed by atoms with van der Waals surface area (Å²) in [6.45, 7) is 0.250. The van der Waals surface area contributed by atoms with E-state index in [2.05, 4.69) is 4.98 Å². The fourth-order valence-electron chi connectivity index (χ4n) is 3.65. The van der Waals surface area contributed by atoms with Crippen LogP contribution in [-0.4, -0.2) is 16.1 Å². The number of carboxylic acid groups (broad SMARTS) is 1. The number of fused-ring (bicyclic) bond motifs is 2. The molecule has 2 aromatic heterocycles. The molecule has 6 nitrogen and oxygen atoms in total. The van der Waals surface area contributed by atoms with Crippen LogP contribution in [0.3, 0.4) is 0 Å². The predicted molar refractivity (Wildman–Crippen MR) is 136 cm³/mol. The van der Waals surface area contributed by atoms with Crippen LogP contribution >= 0.6 is 11.6 Å². The van der Waals surface area contributed by atoms with Crippen LogP contribution in [0.4, 0.5) is 0 Å². The number of benzene rings is 3. The molecular weight excluding hydrogens is 466 g/mol. The number of pyridine rings is 1. The second-order valence-corrected chi connectivity index (χ2v) is 8.30. The molecule has 1 N–H and O–H groups in total. The first-order valence-electron chi connectivity index (χ1n) is 10.7. The summed E-state index contributed by atoms with van der Waals surface area (Å²) in [6.07, 6.45) is 3.91. The Balaban J connectivity index is 1.29. The molecule has 5 aromatic rings. The lowest BCUT2D eigenvalue weighted by atomic mass is 10.1. The Morgan fingerprint density at radius 3 is 2.57 bits per heavy atom. The summed E-state index contributed by atoms with van der Waals surface area (Å²) in [5.41, 5.74) is 2.47. The Morgan fingerprint density at radius 1 is 0.971 bits per heavy atom. The monoisotopic (exact) mass is 483 g/mol. The quantitative estimate of drug-likeness (QED) is 0.279. The first kappa shape index (κ1) is 22.4. The molecule has 5 rings (SSSR count). The van der Waals surface area contributed by atoms with Crippen molar-refractivity contribution in [1.82, 2.24) is 4.98 Å². The molecule has 2 heterocycles. The maximum atomic E-state index is 12.0. The van der Waals surface area contributed by atoms with Gasteiger partial charge < -0.3 is 14.3 Å². The molecule has 0 unspecified atom stereocenters. The summed E-state index contributed by atoms with van der Waals surface area (Å²) in [5.74, 6) is -0.968. The number of aromatic carboxylic acids is 1.